The number of hydrogen-bond acceptors (Lipinski definition) is 5. The highest BCUT2D eigenvalue weighted by molar-refractivity contribution is 7.99. The van der Waals surface area contributed by atoms with Gasteiger partial charge < -0.3 is 4.57 Å². The third-order valence-corrected chi connectivity index (χ3v) is 5.51. The topological polar surface area (TPSA) is 61.4 Å². The van der Waals surface area contributed by atoms with Gasteiger partial charge in [0.2, 0.25) is 5.16 Å². The molecule has 0 aliphatic heterocycles. The number of imidazole rings is 1. The number of tetrazole rings is 1. The fourth-order valence-electron chi connectivity index (χ4n) is 2.90. The first kappa shape index (κ1) is 17.1. The third kappa shape index (κ3) is 3.32. The first-order valence-electron chi connectivity index (χ1n) is 8.20. The number of benzene rings is 2. The zero-order valence-corrected chi connectivity index (χ0v) is 15.9. The summed E-state index contributed by atoms with van der Waals surface area (Å²) in [5.41, 5.74) is 3.18. The molecule has 4 aromatic rings. The first-order valence-corrected chi connectivity index (χ1v) is 9.46. The second-order valence-corrected chi connectivity index (χ2v) is 7.76. The summed E-state index contributed by atoms with van der Waals surface area (Å²) in [6.07, 6.45) is 0. The Bertz CT molecular complexity index is 1040. The van der Waals surface area contributed by atoms with Crippen LogP contribution in [-0.2, 0) is 13.6 Å². The Balaban J connectivity index is 1.77. The first-order chi connectivity index (χ1) is 12.6. The molecule has 8 heteroatoms. The molecule has 4 rings (SSSR count). The van der Waals surface area contributed by atoms with Crippen LogP contribution in [0.1, 0.15) is 23.6 Å². The number of hydrogen-bond donors (Lipinski definition) is 0. The van der Waals surface area contributed by atoms with E-state index in [1.165, 1.54) is 5.56 Å². The van der Waals surface area contributed by atoms with Crippen LogP contribution in [0.15, 0.2) is 53.7 Å². The number of halogens is 1. The monoisotopic (exact) mass is 384 g/mol. The van der Waals surface area contributed by atoms with Gasteiger partial charge in [-0.25, -0.2) is 9.67 Å². The molecule has 0 N–H and O–H groups in total. The summed E-state index contributed by atoms with van der Waals surface area (Å²) in [6.45, 7) is 2.86. The summed E-state index contributed by atoms with van der Waals surface area (Å²) in [5, 5.41) is 13.2. The minimum absolute atomic E-state index is 0.0783. The maximum Gasteiger partial charge on any atom is 0.209 e. The van der Waals surface area contributed by atoms with Gasteiger partial charge in [0.15, 0.2) is 0 Å². The molecule has 0 amide bonds. The number of rotatable bonds is 5. The molecular weight excluding hydrogens is 368 g/mol. The Kier molecular flexibility index (Phi) is 4.65. The van der Waals surface area contributed by atoms with Crippen molar-refractivity contribution < 1.29 is 0 Å². The fourth-order valence-corrected chi connectivity index (χ4v) is 3.94. The predicted molar refractivity (Wildman–Crippen MR) is 103 cm³/mol. The van der Waals surface area contributed by atoms with Gasteiger partial charge >= 0.3 is 0 Å². The largest absolute Gasteiger partial charge is 0.323 e. The number of aromatic nitrogens is 6. The molecule has 0 saturated carbocycles. The molecule has 132 valence electrons. The lowest BCUT2D eigenvalue weighted by Crippen LogP contribution is -2.07. The molecule has 0 aliphatic rings. The maximum absolute atomic E-state index is 6.17. The van der Waals surface area contributed by atoms with Gasteiger partial charge in [0.05, 0.1) is 16.3 Å². The molecule has 26 heavy (non-hydrogen) atoms. The molecule has 0 radical (unpaired) electrons. The Morgan fingerprint density at radius 3 is 2.69 bits per heavy atom. The van der Waals surface area contributed by atoms with Crippen molar-refractivity contribution in [3.8, 4) is 0 Å². The van der Waals surface area contributed by atoms with Crippen LogP contribution in [0, 0.1) is 0 Å². The average Bonchev–Trinajstić information content (AvgIpc) is 3.19. The van der Waals surface area contributed by atoms with E-state index in [0.29, 0.717) is 5.02 Å². The summed E-state index contributed by atoms with van der Waals surface area (Å²) in [7, 11) is 1.84. The smallest absolute Gasteiger partial charge is 0.209 e. The van der Waals surface area contributed by atoms with Gasteiger partial charge in [-0.2, -0.15) is 0 Å². The summed E-state index contributed by atoms with van der Waals surface area (Å²) in [4.78, 5) is 4.86. The van der Waals surface area contributed by atoms with E-state index in [1.807, 2.05) is 31.3 Å². The van der Waals surface area contributed by atoms with Crippen LogP contribution in [0.25, 0.3) is 11.0 Å². The second-order valence-electron chi connectivity index (χ2n) is 6.02. The molecule has 0 saturated heterocycles. The summed E-state index contributed by atoms with van der Waals surface area (Å²) in [5.74, 6) is 0.971. The van der Waals surface area contributed by atoms with E-state index in [4.69, 9.17) is 16.6 Å². The van der Waals surface area contributed by atoms with Crippen LogP contribution in [-0.4, -0.2) is 29.8 Å². The number of nitrogens with zero attached hydrogens (tertiary/aromatic N) is 6. The zero-order valence-electron chi connectivity index (χ0n) is 14.4. The molecule has 6 nitrogen and oxygen atoms in total. The average molecular weight is 385 g/mol. The highest BCUT2D eigenvalue weighted by Crippen LogP contribution is 2.35. The van der Waals surface area contributed by atoms with Crippen molar-refractivity contribution in [2.24, 2.45) is 7.05 Å². The lowest BCUT2D eigenvalue weighted by molar-refractivity contribution is 0.662. The van der Waals surface area contributed by atoms with Crippen molar-refractivity contribution in [1.29, 1.82) is 0 Å². The van der Waals surface area contributed by atoms with Crippen molar-refractivity contribution in [2.75, 3.05) is 0 Å². The van der Waals surface area contributed by atoms with Crippen LogP contribution < -0.4 is 0 Å². The zero-order chi connectivity index (χ0) is 18.1. The SMILES string of the molecule is C[C@@H](Sc1nnnn1C)c1nc2cc(Cl)ccc2n1Cc1ccccc1. The molecule has 1 atom stereocenters. The summed E-state index contributed by atoms with van der Waals surface area (Å²) >= 11 is 7.76. The van der Waals surface area contributed by atoms with E-state index in [2.05, 4.69) is 51.3 Å². The second kappa shape index (κ2) is 7.09. The Morgan fingerprint density at radius 1 is 1.15 bits per heavy atom. The van der Waals surface area contributed by atoms with Crippen molar-refractivity contribution in [2.45, 2.75) is 23.9 Å². The van der Waals surface area contributed by atoms with Gasteiger partial charge in [-0.3, -0.25) is 0 Å². The maximum atomic E-state index is 6.17. The number of fused-ring (bicyclic) bond motifs is 1. The van der Waals surface area contributed by atoms with Crippen LogP contribution in [0.2, 0.25) is 5.02 Å². The Morgan fingerprint density at radius 2 is 1.96 bits per heavy atom. The summed E-state index contributed by atoms with van der Waals surface area (Å²) < 4.78 is 3.91. The van der Waals surface area contributed by atoms with E-state index in [9.17, 15) is 0 Å². The Hall–Kier alpha value is -2.38. The molecule has 0 spiro atoms. The highest BCUT2D eigenvalue weighted by Gasteiger charge is 2.20. The van der Waals surface area contributed by atoms with Crippen molar-refractivity contribution in [3.63, 3.8) is 0 Å². The molecular formula is C18H17ClN6S. The molecule has 0 unspecified atom stereocenters. The van der Waals surface area contributed by atoms with Gasteiger partial charge in [0.1, 0.15) is 5.82 Å². The fraction of sp³-hybridized carbons (Fsp3) is 0.222. The van der Waals surface area contributed by atoms with Gasteiger partial charge in [0.25, 0.3) is 0 Å². The van der Waals surface area contributed by atoms with E-state index < -0.39 is 0 Å². The molecule has 2 aromatic heterocycles. The highest BCUT2D eigenvalue weighted by atomic mass is 35.5. The quantitative estimate of drug-likeness (QED) is 0.484. The minimum atomic E-state index is 0.0783. The third-order valence-electron chi connectivity index (χ3n) is 4.15. The number of aryl methyl sites for hydroxylation is 1. The molecule has 0 fully saturated rings. The minimum Gasteiger partial charge on any atom is -0.323 e. The van der Waals surface area contributed by atoms with Gasteiger partial charge in [-0.15, -0.1) is 5.10 Å². The lowest BCUT2D eigenvalue weighted by atomic mass is 10.2. The van der Waals surface area contributed by atoms with E-state index in [0.717, 1.165) is 28.6 Å². The van der Waals surface area contributed by atoms with Crippen LogP contribution in [0.4, 0.5) is 0 Å². The van der Waals surface area contributed by atoms with Crippen molar-refractivity contribution in [1.82, 2.24) is 29.8 Å². The van der Waals surface area contributed by atoms with Gasteiger partial charge in [0, 0.05) is 18.6 Å². The van der Waals surface area contributed by atoms with Crippen LogP contribution in [0.3, 0.4) is 0 Å². The normalized spacial score (nSPS) is 12.6. The van der Waals surface area contributed by atoms with Crippen LogP contribution >= 0.6 is 23.4 Å². The number of thioether (sulfide) groups is 1. The predicted octanol–water partition coefficient (Wildman–Crippen LogP) is 4.11. The molecule has 2 aromatic carbocycles. The van der Waals surface area contributed by atoms with Crippen molar-refractivity contribution in [3.05, 3.63) is 64.9 Å². The molecule has 0 bridgehead atoms. The van der Waals surface area contributed by atoms with Gasteiger partial charge in [-0.1, -0.05) is 53.7 Å². The molecule has 0 aliphatic carbocycles. The lowest BCUT2D eigenvalue weighted by Gasteiger charge is -2.14. The van der Waals surface area contributed by atoms with E-state index >= 15 is 0 Å². The van der Waals surface area contributed by atoms with Crippen LogP contribution in [0.5, 0.6) is 0 Å². The van der Waals surface area contributed by atoms with Crippen molar-refractivity contribution >= 4 is 34.4 Å². The van der Waals surface area contributed by atoms with E-state index in [-0.39, 0.29) is 5.25 Å². The van der Waals surface area contributed by atoms with E-state index in [1.54, 1.807) is 16.4 Å². The molecule has 2 heterocycles. The Labute approximate surface area is 160 Å². The summed E-state index contributed by atoms with van der Waals surface area (Å²) in [6, 6.07) is 16.2. The standard InChI is InChI=1S/C18H17ClN6S/c1-12(26-18-21-22-23-24(18)2)17-20-15-10-14(19)8-9-16(15)25(17)11-13-6-4-3-5-7-13/h3-10,12H,11H2,1-2H3/t12-/m1/s1. The van der Waals surface area contributed by atoms with Gasteiger partial charge in [-0.05, 0) is 41.1 Å².